The summed E-state index contributed by atoms with van der Waals surface area (Å²) in [6, 6.07) is -0.495. The quantitative estimate of drug-likeness (QED) is 0.548. The molecule has 2 aliphatic heterocycles. The molecule has 2 amide bonds. The maximum absolute atomic E-state index is 12.1. The van der Waals surface area contributed by atoms with Gasteiger partial charge in [0.15, 0.2) is 6.23 Å². The third kappa shape index (κ3) is 1.55. The first-order valence-electron chi connectivity index (χ1n) is 6.02. The summed E-state index contributed by atoms with van der Waals surface area (Å²) in [7, 11) is 0. The molecule has 2 aliphatic rings. The minimum absolute atomic E-state index is 0.208. The van der Waals surface area contributed by atoms with Crippen molar-refractivity contribution in [2.24, 2.45) is 5.73 Å². The van der Waals surface area contributed by atoms with Gasteiger partial charge in [-0.3, -0.25) is 14.9 Å². The van der Waals surface area contributed by atoms with Crippen molar-refractivity contribution in [2.45, 2.75) is 57.0 Å². The Bertz CT molecular complexity index is 360. The van der Waals surface area contributed by atoms with Gasteiger partial charge in [-0.25, -0.2) is 0 Å². The second kappa shape index (κ2) is 3.96. The van der Waals surface area contributed by atoms with Crippen molar-refractivity contribution in [1.82, 2.24) is 10.2 Å². The highest BCUT2D eigenvalue weighted by Crippen LogP contribution is 2.40. The zero-order chi connectivity index (χ0) is 12.8. The van der Waals surface area contributed by atoms with E-state index in [1.165, 1.54) is 4.90 Å². The predicted molar refractivity (Wildman–Crippen MR) is 60.7 cm³/mol. The van der Waals surface area contributed by atoms with E-state index in [4.69, 9.17) is 5.73 Å². The molecular weight excluding hydrogens is 222 g/mol. The highest BCUT2D eigenvalue weighted by atomic mass is 16.3. The molecule has 0 aromatic heterocycles. The second-order valence-electron chi connectivity index (χ2n) is 4.97. The Morgan fingerprint density at radius 2 is 2.41 bits per heavy atom. The van der Waals surface area contributed by atoms with Gasteiger partial charge < -0.3 is 15.7 Å². The molecule has 96 valence electrons. The molecule has 1 spiro atoms. The Kier molecular flexibility index (Phi) is 2.87. The molecule has 6 nitrogen and oxygen atoms in total. The van der Waals surface area contributed by atoms with E-state index < -0.39 is 23.7 Å². The molecular formula is C11H19N3O3. The number of likely N-dealkylation sites (tertiary alicyclic amines) is 1. The number of aliphatic hydroxyl groups excluding tert-OH is 1. The molecule has 0 aromatic rings. The van der Waals surface area contributed by atoms with Gasteiger partial charge in [0.1, 0.15) is 11.6 Å². The Morgan fingerprint density at radius 1 is 1.76 bits per heavy atom. The summed E-state index contributed by atoms with van der Waals surface area (Å²) in [6.45, 7) is 3.74. The molecule has 2 fully saturated rings. The average molecular weight is 241 g/mol. The van der Waals surface area contributed by atoms with E-state index in [0.29, 0.717) is 12.8 Å². The third-order valence-corrected chi connectivity index (χ3v) is 3.85. The van der Waals surface area contributed by atoms with Crippen LogP contribution in [0.25, 0.3) is 0 Å². The highest BCUT2D eigenvalue weighted by Gasteiger charge is 2.64. The predicted octanol–water partition coefficient (Wildman–Crippen LogP) is -1.08. The molecule has 4 unspecified atom stereocenters. The number of hydrogen-bond acceptors (Lipinski definition) is 4. The zero-order valence-corrected chi connectivity index (χ0v) is 10.1. The molecule has 4 atom stereocenters. The Morgan fingerprint density at radius 3 is 2.76 bits per heavy atom. The number of β-lactam (4-membered cyclic amide) rings is 1. The van der Waals surface area contributed by atoms with Crippen LogP contribution in [0.4, 0.5) is 0 Å². The van der Waals surface area contributed by atoms with E-state index in [1.54, 1.807) is 6.92 Å². The second-order valence-corrected chi connectivity index (χ2v) is 4.97. The van der Waals surface area contributed by atoms with Crippen molar-refractivity contribution < 1.29 is 14.7 Å². The maximum atomic E-state index is 12.1. The first-order valence-corrected chi connectivity index (χ1v) is 6.02. The van der Waals surface area contributed by atoms with Crippen molar-refractivity contribution >= 4 is 11.8 Å². The number of rotatable bonds is 3. The van der Waals surface area contributed by atoms with Gasteiger partial charge in [-0.15, -0.1) is 0 Å². The van der Waals surface area contributed by atoms with Crippen molar-refractivity contribution in [2.75, 3.05) is 0 Å². The number of nitrogens with one attached hydrogen (secondary N) is 1. The largest absolute Gasteiger partial charge is 0.371 e. The topological polar surface area (TPSA) is 95.7 Å². The smallest absolute Gasteiger partial charge is 0.250 e. The third-order valence-electron chi connectivity index (χ3n) is 3.85. The number of primary amides is 1. The average Bonchev–Trinajstić information content (AvgIpc) is 2.69. The SMILES string of the molecule is CCC(C(N)=O)N1C(=O)C2(CCC(C)N2)C1O. The molecule has 6 heteroatoms. The Hall–Kier alpha value is -1.14. The van der Waals surface area contributed by atoms with Crippen LogP contribution < -0.4 is 11.1 Å². The Balaban J connectivity index is 2.16. The number of aliphatic hydroxyl groups is 1. The van der Waals surface area contributed by atoms with Crippen LogP contribution in [0.15, 0.2) is 0 Å². The lowest BCUT2D eigenvalue weighted by atomic mass is 9.82. The molecule has 0 bridgehead atoms. The first kappa shape index (κ1) is 12.3. The maximum Gasteiger partial charge on any atom is 0.250 e. The van der Waals surface area contributed by atoms with Gasteiger partial charge in [-0.05, 0) is 26.2 Å². The molecule has 0 aliphatic carbocycles. The molecule has 2 heterocycles. The lowest BCUT2D eigenvalue weighted by molar-refractivity contribution is -0.199. The van der Waals surface area contributed by atoms with Crippen molar-refractivity contribution in [3.05, 3.63) is 0 Å². The minimum atomic E-state index is -0.947. The van der Waals surface area contributed by atoms with Crippen LogP contribution in [0.1, 0.15) is 33.1 Å². The number of carbonyl (C=O) groups excluding carboxylic acids is 2. The first-order chi connectivity index (χ1) is 7.94. The van der Waals surface area contributed by atoms with Gasteiger partial charge in [0.25, 0.3) is 0 Å². The summed E-state index contributed by atoms with van der Waals surface area (Å²) in [5.74, 6) is -0.777. The van der Waals surface area contributed by atoms with Gasteiger partial charge in [-0.2, -0.15) is 0 Å². The van der Waals surface area contributed by atoms with Crippen LogP contribution in [0.3, 0.4) is 0 Å². The van der Waals surface area contributed by atoms with Crippen LogP contribution in [0, 0.1) is 0 Å². The Labute approximate surface area is 100 Å². The van der Waals surface area contributed by atoms with E-state index in [2.05, 4.69) is 5.32 Å². The molecule has 0 aromatic carbocycles. The van der Waals surface area contributed by atoms with E-state index in [9.17, 15) is 14.7 Å². The highest BCUT2D eigenvalue weighted by molar-refractivity contribution is 5.97. The number of hydrogen-bond donors (Lipinski definition) is 3. The van der Waals surface area contributed by atoms with Crippen molar-refractivity contribution in [3.63, 3.8) is 0 Å². The summed E-state index contributed by atoms with van der Waals surface area (Å²) >= 11 is 0. The summed E-state index contributed by atoms with van der Waals surface area (Å²) in [6.07, 6.45) is 0.936. The fourth-order valence-electron chi connectivity index (χ4n) is 2.87. The van der Waals surface area contributed by atoms with Crippen LogP contribution >= 0.6 is 0 Å². The van der Waals surface area contributed by atoms with Gasteiger partial charge in [0, 0.05) is 6.04 Å². The molecule has 2 saturated heterocycles. The zero-order valence-electron chi connectivity index (χ0n) is 10.1. The van der Waals surface area contributed by atoms with E-state index >= 15 is 0 Å². The van der Waals surface area contributed by atoms with Crippen molar-refractivity contribution in [1.29, 1.82) is 0 Å². The summed E-state index contributed by atoms with van der Waals surface area (Å²) in [4.78, 5) is 24.6. The molecule has 2 rings (SSSR count). The monoisotopic (exact) mass is 241 g/mol. The van der Waals surface area contributed by atoms with E-state index in [-0.39, 0.29) is 11.9 Å². The van der Waals surface area contributed by atoms with Gasteiger partial charge >= 0.3 is 0 Å². The lowest BCUT2D eigenvalue weighted by Crippen LogP contribution is -2.80. The van der Waals surface area contributed by atoms with Crippen LogP contribution in [-0.4, -0.2) is 45.7 Å². The molecule has 4 N–H and O–H groups in total. The van der Waals surface area contributed by atoms with Gasteiger partial charge in [0.05, 0.1) is 0 Å². The van der Waals surface area contributed by atoms with Crippen LogP contribution in [-0.2, 0) is 9.59 Å². The fourth-order valence-corrected chi connectivity index (χ4v) is 2.87. The number of amides is 2. The van der Waals surface area contributed by atoms with Gasteiger partial charge in [-0.1, -0.05) is 6.92 Å². The van der Waals surface area contributed by atoms with Crippen LogP contribution in [0.5, 0.6) is 0 Å². The van der Waals surface area contributed by atoms with E-state index in [0.717, 1.165) is 6.42 Å². The summed E-state index contributed by atoms with van der Waals surface area (Å²) in [5, 5.41) is 13.3. The molecule has 17 heavy (non-hydrogen) atoms. The number of carbonyl (C=O) groups is 2. The van der Waals surface area contributed by atoms with Crippen LogP contribution in [0.2, 0.25) is 0 Å². The lowest BCUT2D eigenvalue weighted by Gasteiger charge is -2.53. The molecule has 0 radical (unpaired) electrons. The minimum Gasteiger partial charge on any atom is -0.371 e. The standard InChI is InChI=1S/C11H19N3O3/c1-3-7(8(12)15)14-9(16)11(10(14)17)5-4-6(2)13-11/h6-7,9,13,16H,3-5H2,1-2H3,(H2,12,15). The van der Waals surface area contributed by atoms with Crippen molar-refractivity contribution in [3.8, 4) is 0 Å². The normalized spacial score (nSPS) is 38.3. The molecule has 0 saturated carbocycles. The summed E-state index contributed by atoms with van der Waals surface area (Å²) in [5.41, 5.74) is 4.36. The van der Waals surface area contributed by atoms with Gasteiger partial charge in [0.2, 0.25) is 11.8 Å². The number of nitrogens with two attached hydrogens (primary N) is 1. The fraction of sp³-hybridized carbons (Fsp3) is 0.818. The van der Waals surface area contributed by atoms with E-state index in [1.807, 2.05) is 6.92 Å². The summed E-state index contributed by atoms with van der Waals surface area (Å²) < 4.78 is 0. The number of nitrogens with zero attached hydrogens (tertiary/aromatic N) is 1.